The second kappa shape index (κ2) is 7.24. The number of rotatable bonds is 5. The van der Waals surface area contributed by atoms with Crippen molar-refractivity contribution >= 4 is 40.7 Å². The van der Waals surface area contributed by atoms with Crippen molar-refractivity contribution in [1.29, 1.82) is 0 Å². The van der Waals surface area contributed by atoms with Gasteiger partial charge < -0.3 is 10.6 Å². The Hall–Kier alpha value is -2.04. The highest BCUT2D eigenvalue weighted by atomic mass is 35.5. The van der Waals surface area contributed by atoms with Crippen LogP contribution in [0.25, 0.3) is 0 Å². The van der Waals surface area contributed by atoms with E-state index in [1.807, 2.05) is 12.1 Å². The summed E-state index contributed by atoms with van der Waals surface area (Å²) in [5.74, 6) is -0.238. The molecule has 1 aliphatic rings. The first-order chi connectivity index (χ1) is 11.5. The van der Waals surface area contributed by atoms with E-state index in [1.165, 1.54) is 6.07 Å². The highest BCUT2D eigenvalue weighted by Gasteiger charge is 2.23. The van der Waals surface area contributed by atoms with Crippen LogP contribution < -0.4 is 10.6 Å². The first-order valence-electron chi connectivity index (χ1n) is 7.66. The Balaban J connectivity index is 1.59. The molecule has 0 aromatic heterocycles. The monoisotopic (exact) mass is 362 g/mol. The molecule has 0 saturated heterocycles. The zero-order valence-electron chi connectivity index (χ0n) is 12.8. The van der Waals surface area contributed by atoms with Gasteiger partial charge in [0.1, 0.15) is 0 Å². The molecule has 0 bridgehead atoms. The zero-order valence-corrected chi connectivity index (χ0v) is 14.3. The third-order valence-corrected chi connectivity index (χ3v) is 4.44. The lowest BCUT2D eigenvalue weighted by molar-refractivity contribution is -0.120. The summed E-state index contributed by atoms with van der Waals surface area (Å²) in [7, 11) is 0. The fourth-order valence-electron chi connectivity index (χ4n) is 2.24. The van der Waals surface area contributed by atoms with Gasteiger partial charge in [-0.2, -0.15) is 0 Å². The maximum absolute atomic E-state index is 12.2. The van der Waals surface area contributed by atoms with E-state index in [9.17, 15) is 9.59 Å². The molecule has 0 unspecified atom stereocenters. The molecule has 6 heteroatoms. The van der Waals surface area contributed by atoms with Crippen LogP contribution in [0.2, 0.25) is 10.0 Å². The molecule has 1 fully saturated rings. The van der Waals surface area contributed by atoms with E-state index < -0.39 is 0 Å². The topological polar surface area (TPSA) is 58.2 Å². The quantitative estimate of drug-likeness (QED) is 0.842. The van der Waals surface area contributed by atoms with Crippen molar-refractivity contribution in [2.45, 2.75) is 25.3 Å². The molecular formula is C18H16Cl2N2O2. The largest absolute Gasteiger partial charge is 0.353 e. The second-order valence-corrected chi connectivity index (χ2v) is 6.61. The summed E-state index contributed by atoms with van der Waals surface area (Å²) in [6, 6.07) is 12.3. The van der Waals surface area contributed by atoms with Crippen LogP contribution in [-0.4, -0.2) is 17.9 Å². The van der Waals surface area contributed by atoms with Crippen LogP contribution in [0, 0.1) is 0 Å². The van der Waals surface area contributed by atoms with Crippen LogP contribution in [0.1, 0.15) is 28.8 Å². The lowest BCUT2D eigenvalue weighted by atomic mass is 10.1. The van der Waals surface area contributed by atoms with Crippen molar-refractivity contribution in [3.05, 3.63) is 63.6 Å². The van der Waals surface area contributed by atoms with Crippen molar-refractivity contribution < 1.29 is 9.59 Å². The summed E-state index contributed by atoms with van der Waals surface area (Å²) >= 11 is 11.8. The molecule has 24 heavy (non-hydrogen) atoms. The number of nitrogens with one attached hydrogen (secondary N) is 2. The van der Waals surface area contributed by atoms with E-state index in [-0.39, 0.29) is 11.8 Å². The van der Waals surface area contributed by atoms with Gasteiger partial charge in [0.05, 0.1) is 16.5 Å². The smallest absolute Gasteiger partial charge is 0.255 e. The van der Waals surface area contributed by atoms with Gasteiger partial charge in [-0.15, -0.1) is 0 Å². The Morgan fingerprint density at radius 3 is 2.33 bits per heavy atom. The van der Waals surface area contributed by atoms with Gasteiger partial charge in [0, 0.05) is 17.3 Å². The number of anilines is 1. The van der Waals surface area contributed by atoms with Crippen molar-refractivity contribution in [2.75, 3.05) is 5.32 Å². The van der Waals surface area contributed by atoms with E-state index in [4.69, 9.17) is 23.2 Å². The molecular weight excluding hydrogens is 347 g/mol. The van der Waals surface area contributed by atoms with Gasteiger partial charge in [-0.05, 0) is 48.7 Å². The molecule has 0 radical (unpaired) electrons. The Labute approximate surface area is 150 Å². The number of carbonyl (C=O) groups is 2. The highest BCUT2D eigenvalue weighted by Crippen LogP contribution is 2.23. The molecule has 2 amide bonds. The van der Waals surface area contributed by atoms with Gasteiger partial charge in [-0.1, -0.05) is 35.3 Å². The normalized spacial score (nSPS) is 13.4. The van der Waals surface area contributed by atoms with Gasteiger partial charge in [0.15, 0.2) is 0 Å². The first-order valence-corrected chi connectivity index (χ1v) is 8.41. The van der Waals surface area contributed by atoms with Gasteiger partial charge in [0.2, 0.25) is 5.91 Å². The van der Waals surface area contributed by atoms with Gasteiger partial charge in [-0.3, -0.25) is 9.59 Å². The van der Waals surface area contributed by atoms with E-state index in [0.29, 0.717) is 33.8 Å². The van der Waals surface area contributed by atoms with Crippen molar-refractivity contribution in [3.8, 4) is 0 Å². The van der Waals surface area contributed by atoms with Gasteiger partial charge in [0.25, 0.3) is 5.91 Å². The number of benzene rings is 2. The van der Waals surface area contributed by atoms with E-state index in [0.717, 1.165) is 18.4 Å². The molecule has 1 aliphatic carbocycles. The number of hydrogen-bond acceptors (Lipinski definition) is 2. The molecule has 0 atom stereocenters. The minimum absolute atomic E-state index is 0.0325. The Kier molecular flexibility index (Phi) is 5.07. The van der Waals surface area contributed by atoms with Gasteiger partial charge >= 0.3 is 0 Å². The van der Waals surface area contributed by atoms with Crippen molar-refractivity contribution in [1.82, 2.24) is 5.32 Å². The molecule has 2 N–H and O–H groups in total. The van der Waals surface area contributed by atoms with Crippen molar-refractivity contribution in [2.24, 2.45) is 0 Å². The number of halogens is 2. The van der Waals surface area contributed by atoms with E-state index in [2.05, 4.69) is 10.6 Å². The molecule has 2 aromatic carbocycles. The fourth-order valence-corrected chi connectivity index (χ4v) is 2.54. The summed E-state index contributed by atoms with van der Waals surface area (Å²) in [5.41, 5.74) is 1.98. The van der Waals surface area contributed by atoms with Crippen LogP contribution in [0.3, 0.4) is 0 Å². The van der Waals surface area contributed by atoms with Gasteiger partial charge in [-0.25, -0.2) is 0 Å². The molecule has 0 heterocycles. The maximum Gasteiger partial charge on any atom is 0.255 e. The van der Waals surface area contributed by atoms with Crippen LogP contribution in [0.15, 0.2) is 42.5 Å². The lowest BCUT2D eigenvalue weighted by Gasteiger charge is -2.08. The lowest BCUT2D eigenvalue weighted by Crippen LogP contribution is -2.26. The van der Waals surface area contributed by atoms with Crippen molar-refractivity contribution in [3.63, 3.8) is 0 Å². The Morgan fingerprint density at radius 1 is 1.00 bits per heavy atom. The second-order valence-electron chi connectivity index (χ2n) is 5.80. The predicted molar refractivity (Wildman–Crippen MR) is 95.7 cm³/mol. The predicted octanol–water partition coefficient (Wildman–Crippen LogP) is 4.07. The Morgan fingerprint density at radius 2 is 1.71 bits per heavy atom. The number of amides is 2. The Bertz CT molecular complexity index is 771. The number of hydrogen-bond donors (Lipinski definition) is 2. The average Bonchev–Trinajstić information content (AvgIpc) is 3.35. The molecule has 0 aliphatic heterocycles. The number of carbonyl (C=O) groups excluding carboxylic acids is 2. The molecule has 4 nitrogen and oxygen atoms in total. The average molecular weight is 363 g/mol. The zero-order chi connectivity index (χ0) is 17.1. The highest BCUT2D eigenvalue weighted by molar-refractivity contribution is 6.42. The van der Waals surface area contributed by atoms with Crippen LogP contribution in [0.5, 0.6) is 0 Å². The molecule has 2 aromatic rings. The van der Waals surface area contributed by atoms with E-state index >= 15 is 0 Å². The fraction of sp³-hybridized carbons (Fsp3) is 0.222. The van der Waals surface area contributed by atoms with Crippen LogP contribution >= 0.6 is 23.2 Å². The standard InChI is InChI=1S/C18H16Cl2N2O2/c19-15-8-3-12(10-16(15)20)18(24)22-14-4-1-11(2-5-14)9-17(23)21-13-6-7-13/h1-5,8,10,13H,6-7,9H2,(H,21,23)(H,22,24). The third kappa shape index (κ3) is 4.49. The first kappa shape index (κ1) is 16.8. The van der Waals surface area contributed by atoms with E-state index in [1.54, 1.807) is 24.3 Å². The molecule has 124 valence electrons. The summed E-state index contributed by atoms with van der Waals surface area (Å²) < 4.78 is 0. The summed E-state index contributed by atoms with van der Waals surface area (Å²) in [4.78, 5) is 24.0. The van der Waals surface area contributed by atoms with Crippen LogP contribution in [0.4, 0.5) is 5.69 Å². The minimum Gasteiger partial charge on any atom is -0.353 e. The SMILES string of the molecule is O=C(Cc1ccc(NC(=O)c2ccc(Cl)c(Cl)c2)cc1)NC1CC1. The summed E-state index contributed by atoms with van der Waals surface area (Å²) in [5, 5.41) is 6.47. The third-order valence-electron chi connectivity index (χ3n) is 3.70. The minimum atomic E-state index is -0.271. The maximum atomic E-state index is 12.2. The summed E-state index contributed by atoms with van der Waals surface area (Å²) in [6.45, 7) is 0. The molecule has 1 saturated carbocycles. The van der Waals surface area contributed by atoms with Crippen LogP contribution in [-0.2, 0) is 11.2 Å². The summed E-state index contributed by atoms with van der Waals surface area (Å²) in [6.07, 6.45) is 2.49. The molecule has 0 spiro atoms. The molecule has 3 rings (SSSR count).